The van der Waals surface area contributed by atoms with E-state index >= 15 is 0 Å². The zero-order chi connectivity index (χ0) is 16.6. The average molecular weight is 350 g/mol. The Hall–Kier alpha value is -1.85. The van der Waals surface area contributed by atoms with Crippen LogP contribution in [0, 0.1) is 0 Å². The zero-order valence-corrected chi connectivity index (χ0v) is 14.4. The molecule has 0 aliphatic carbocycles. The summed E-state index contributed by atoms with van der Waals surface area (Å²) in [5.74, 6) is -0.735. The highest BCUT2D eigenvalue weighted by Crippen LogP contribution is 2.32. The summed E-state index contributed by atoms with van der Waals surface area (Å²) in [5.41, 5.74) is 2.03. The van der Waals surface area contributed by atoms with Crippen LogP contribution in [0.4, 0.5) is 5.69 Å². The lowest BCUT2D eigenvalue weighted by atomic mass is 10.1. The number of carbonyl (C=O) groups is 2. The van der Waals surface area contributed by atoms with Gasteiger partial charge in [0, 0.05) is 11.7 Å². The van der Waals surface area contributed by atoms with Gasteiger partial charge in [-0.15, -0.1) is 11.3 Å². The first kappa shape index (κ1) is 16.0. The molecule has 1 aliphatic rings. The number of thiophene rings is 1. The summed E-state index contributed by atoms with van der Waals surface area (Å²) in [7, 11) is 0. The SMILES string of the molecule is C[C@H](OC(=O)c1ccc(Cl)s1)C(=O)N1c2ccccc2C[C@H]1C. The summed E-state index contributed by atoms with van der Waals surface area (Å²) in [6.45, 7) is 3.59. The average Bonchev–Trinajstić information content (AvgIpc) is 3.09. The molecule has 2 aromatic rings. The highest BCUT2D eigenvalue weighted by Gasteiger charge is 2.34. The number of amides is 1. The van der Waals surface area contributed by atoms with Crippen LogP contribution in [0.15, 0.2) is 36.4 Å². The molecule has 0 spiro atoms. The molecule has 0 fully saturated rings. The van der Waals surface area contributed by atoms with Crippen LogP contribution in [0.3, 0.4) is 0 Å². The minimum absolute atomic E-state index is 0.0530. The number of para-hydroxylation sites is 1. The topological polar surface area (TPSA) is 46.6 Å². The van der Waals surface area contributed by atoms with Gasteiger partial charge in [0.05, 0.1) is 4.34 Å². The van der Waals surface area contributed by atoms with E-state index in [1.54, 1.807) is 24.0 Å². The highest BCUT2D eigenvalue weighted by atomic mass is 35.5. The van der Waals surface area contributed by atoms with Crippen LogP contribution in [0.2, 0.25) is 4.34 Å². The normalized spacial score (nSPS) is 17.7. The van der Waals surface area contributed by atoms with Gasteiger partial charge in [-0.1, -0.05) is 29.8 Å². The first-order valence-electron chi connectivity index (χ1n) is 7.34. The number of fused-ring (bicyclic) bond motifs is 1. The molecule has 1 amide bonds. The van der Waals surface area contributed by atoms with Crippen LogP contribution in [-0.2, 0) is 16.0 Å². The molecular formula is C17H16ClNO3S. The summed E-state index contributed by atoms with van der Waals surface area (Å²) >= 11 is 6.95. The number of halogens is 1. The van der Waals surface area contributed by atoms with Crippen LogP contribution >= 0.6 is 22.9 Å². The lowest BCUT2D eigenvalue weighted by Gasteiger charge is -2.25. The van der Waals surface area contributed by atoms with E-state index in [9.17, 15) is 9.59 Å². The summed E-state index contributed by atoms with van der Waals surface area (Å²) < 4.78 is 5.82. The summed E-state index contributed by atoms with van der Waals surface area (Å²) in [5, 5.41) is 0. The molecule has 2 heterocycles. The van der Waals surface area contributed by atoms with Crippen molar-refractivity contribution in [2.45, 2.75) is 32.4 Å². The van der Waals surface area contributed by atoms with Gasteiger partial charge in [0.15, 0.2) is 6.10 Å². The highest BCUT2D eigenvalue weighted by molar-refractivity contribution is 7.17. The number of anilines is 1. The molecule has 0 bridgehead atoms. The molecule has 0 N–H and O–H groups in total. The molecule has 23 heavy (non-hydrogen) atoms. The maximum absolute atomic E-state index is 12.7. The van der Waals surface area contributed by atoms with Crippen molar-refractivity contribution in [1.82, 2.24) is 0 Å². The number of benzene rings is 1. The van der Waals surface area contributed by atoms with Gasteiger partial charge >= 0.3 is 5.97 Å². The summed E-state index contributed by atoms with van der Waals surface area (Å²) in [6, 6.07) is 11.1. The second-order valence-corrected chi connectivity index (χ2v) is 7.26. The number of esters is 1. The van der Waals surface area contributed by atoms with Crippen molar-refractivity contribution in [2.75, 3.05) is 4.90 Å². The Balaban J connectivity index is 1.74. The number of ether oxygens (including phenoxy) is 1. The fraction of sp³-hybridized carbons (Fsp3) is 0.294. The quantitative estimate of drug-likeness (QED) is 0.789. The second-order valence-electron chi connectivity index (χ2n) is 5.54. The van der Waals surface area contributed by atoms with E-state index in [1.165, 1.54) is 0 Å². The molecule has 1 aromatic heterocycles. The van der Waals surface area contributed by atoms with Gasteiger partial charge in [0.1, 0.15) is 4.88 Å². The monoisotopic (exact) mass is 349 g/mol. The van der Waals surface area contributed by atoms with E-state index in [1.807, 2.05) is 31.2 Å². The third-order valence-corrected chi connectivity index (χ3v) is 5.06. The van der Waals surface area contributed by atoms with Crippen molar-refractivity contribution in [2.24, 2.45) is 0 Å². The molecule has 0 unspecified atom stereocenters. The first-order chi connectivity index (χ1) is 11.0. The maximum atomic E-state index is 12.7. The molecule has 0 radical (unpaired) electrons. The standard InChI is InChI=1S/C17H16ClNO3S/c1-10-9-12-5-3-4-6-13(12)19(10)16(20)11(2)22-17(21)14-7-8-15(18)23-14/h3-8,10-11H,9H2,1-2H3/t10-,11+/m1/s1. The van der Waals surface area contributed by atoms with Crippen LogP contribution in [-0.4, -0.2) is 24.0 Å². The number of hydrogen-bond donors (Lipinski definition) is 0. The van der Waals surface area contributed by atoms with Gasteiger partial charge in [-0.25, -0.2) is 4.79 Å². The lowest BCUT2D eigenvalue weighted by Crippen LogP contribution is -2.43. The van der Waals surface area contributed by atoms with Gasteiger partial charge in [-0.2, -0.15) is 0 Å². The molecule has 4 nitrogen and oxygen atoms in total. The summed E-state index contributed by atoms with van der Waals surface area (Å²) in [4.78, 5) is 26.9. The Morgan fingerprint density at radius 2 is 2.04 bits per heavy atom. The smallest absolute Gasteiger partial charge is 0.349 e. The van der Waals surface area contributed by atoms with Crippen LogP contribution in [0.25, 0.3) is 0 Å². The molecular weight excluding hydrogens is 334 g/mol. The van der Waals surface area contributed by atoms with E-state index in [4.69, 9.17) is 16.3 Å². The molecule has 120 valence electrons. The van der Waals surface area contributed by atoms with Crippen molar-refractivity contribution in [3.63, 3.8) is 0 Å². The molecule has 1 aliphatic heterocycles. The molecule has 0 saturated heterocycles. The Morgan fingerprint density at radius 1 is 1.30 bits per heavy atom. The first-order valence-corrected chi connectivity index (χ1v) is 8.54. The zero-order valence-electron chi connectivity index (χ0n) is 12.8. The van der Waals surface area contributed by atoms with E-state index in [0.717, 1.165) is 29.0 Å². The van der Waals surface area contributed by atoms with Crippen LogP contribution in [0.5, 0.6) is 0 Å². The van der Waals surface area contributed by atoms with E-state index in [-0.39, 0.29) is 11.9 Å². The van der Waals surface area contributed by atoms with Crippen molar-refractivity contribution in [3.05, 3.63) is 51.2 Å². The van der Waals surface area contributed by atoms with Gasteiger partial charge in [0.2, 0.25) is 0 Å². The molecule has 1 aromatic carbocycles. The van der Waals surface area contributed by atoms with Gasteiger partial charge in [0.25, 0.3) is 5.91 Å². The maximum Gasteiger partial charge on any atom is 0.349 e. The van der Waals surface area contributed by atoms with Crippen LogP contribution in [0.1, 0.15) is 29.1 Å². The van der Waals surface area contributed by atoms with E-state index in [2.05, 4.69) is 0 Å². The Bertz CT molecular complexity index is 758. The third kappa shape index (κ3) is 3.12. The molecule has 0 saturated carbocycles. The van der Waals surface area contributed by atoms with E-state index < -0.39 is 12.1 Å². The lowest BCUT2D eigenvalue weighted by molar-refractivity contribution is -0.126. The fourth-order valence-electron chi connectivity index (χ4n) is 2.79. The van der Waals surface area contributed by atoms with Gasteiger partial charge in [-0.3, -0.25) is 4.79 Å². The Labute approximate surface area is 143 Å². The predicted octanol–water partition coefficient (Wildman–Crippen LogP) is 3.92. The number of hydrogen-bond acceptors (Lipinski definition) is 4. The van der Waals surface area contributed by atoms with Crippen molar-refractivity contribution in [3.8, 4) is 0 Å². The third-order valence-electron chi connectivity index (χ3n) is 3.85. The fourth-order valence-corrected chi connectivity index (χ4v) is 3.72. The van der Waals surface area contributed by atoms with Crippen molar-refractivity contribution < 1.29 is 14.3 Å². The van der Waals surface area contributed by atoms with Gasteiger partial charge < -0.3 is 9.64 Å². The van der Waals surface area contributed by atoms with Crippen molar-refractivity contribution >= 4 is 40.5 Å². The minimum Gasteiger partial charge on any atom is -0.448 e. The van der Waals surface area contributed by atoms with E-state index in [0.29, 0.717) is 9.21 Å². The largest absolute Gasteiger partial charge is 0.448 e. The van der Waals surface area contributed by atoms with Gasteiger partial charge in [-0.05, 0) is 44.0 Å². The predicted molar refractivity (Wildman–Crippen MR) is 91.3 cm³/mol. The Morgan fingerprint density at radius 3 is 2.74 bits per heavy atom. The Kier molecular flexibility index (Phi) is 4.41. The minimum atomic E-state index is -0.850. The number of rotatable bonds is 3. The van der Waals surface area contributed by atoms with Crippen molar-refractivity contribution in [1.29, 1.82) is 0 Å². The molecule has 3 rings (SSSR count). The number of nitrogens with zero attached hydrogens (tertiary/aromatic N) is 1. The summed E-state index contributed by atoms with van der Waals surface area (Å²) in [6.07, 6.45) is -0.0414. The second kappa shape index (κ2) is 6.34. The molecule has 2 atom stereocenters. The number of carbonyl (C=O) groups excluding carboxylic acids is 2. The molecule has 6 heteroatoms. The van der Waals surface area contributed by atoms with Crippen LogP contribution < -0.4 is 4.90 Å².